The van der Waals surface area contributed by atoms with E-state index in [2.05, 4.69) is 6.92 Å². The lowest BCUT2D eigenvalue weighted by Crippen LogP contribution is -2.37. The first-order valence-electron chi connectivity index (χ1n) is 8.23. The van der Waals surface area contributed by atoms with Crippen molar-refractivity contribution in [3.05, 3.63) is 34.6 Å². The van der Waals surface area contributed by atoms with Crippen LogP contribution in [0.3, 0.4) is 0 Å². The summed E-state index contributed by atoms with van der Waals surface area (Å²) in [7, 11) is 0. The summed E-state index contributed by atoms with van der Waals surface area (Å²) >= 11 is 6.18. The number of halogens is 2. The summed E-state index contributed by atoms with van der Waals surface area (Å²) in [6.45, 7) is 2.87. The quantitative estimate of drug-likeness (QED) is 0.753. The molecule has 21 heavy (non-hydrogen) atoms. The van der Waals surface area contributed by atoms with Crippen molar-refractivity contribution in [2.75, 3.05) is 6.54 Å². The van der Waals surface area contributed by atoms with Gasteiger partial charge < -0.3 is 5.73 Å². The van der Waals surface area contributed by atoms with E-state index in [1.165, 1.54) is 38.2 Å². The molecular weight excluding hydrogens is 285 g/mol. The van der Waals surface area contributed by atoms with Gasteiger partial charge in [0.15, 0.2) is 0 Å². The Morgan fingerprint density at radius 1 is 1.33 bits per heavy atom. The first-order chi connectivity index (χ1) is 10.1. The third-order valence-corrected chi connectivity index (χ3v) is 5.53. The average Bonchev–Trinajstić information content (AvgIpc) is 2.50. The fourth-order valence-corrected chi connectivity index (χ4v) is 3.83. The lowest BCUT2D eigenvalue weighted by molar-refractivity contribution is 0.148. The predicted octanol–water partition coefficient (Wildman–Crippen LogP) is 5.35. The number of hydrogen-bond acceptors (Lipinski definition) is 1. The Morgan fingerprint density at radius 3 is 2.62 bits per heavy atom. The van der Waals surface area contributed by atoms with Gasteiger partial charge in [-0.2, -0.15) is 0 Å². The summed E-state index contributed by atoms with van der Waals surface area (Å²) in [5, 5.41) is 0.538. The molecule has 1 nitrogen and oxygen atoms in total. The molecule has 0 unspecified atom stereocenters. The van der Waals surface area contributed by atoms with Crippen molar-refractivity contribution >= 4 is 11.6 Å². The second kappa shape index (κ2) is 7.60. The number of hydrogen-bond donors (Lipinski definition) is 1. The van der Waals surface area contributed by atoms with Crippen LogP contribution in [0.15, 0.2) is 18.2 Å². The Morgan fingerprint density at radius 2 is 2.05 bits per heavy atom. The van der Waals surface area contributed by atoms with Crippen LogP contribution in [0.25, 0.3) is 0 Å². The number of nitrogens with two attached hydrogens (primary N) is 1. The summed E-state index contributed by atoms with van der Waals surface area (Å²) in [4.78, 5) is 0. The Balaban J connectivity index is 2.03. The van der Waals surface area contributed by atoms with E-state index < -0.39 is 0 Å². The molecule has 1 aromatic carbocycles. The molecule has 1 aromatic rings. The van der Waals surface area contributed by atoms with Crippen molar-refractivity contribution in [2.24, 2.45) is 17.1 Å². The van der Waals surface area contributed by atoms with Crippen LogP contribution < -0.4 is 5.73 Å². The zero-order valence-corrected chi connectivity index (χ0v) is 13.8. The Bertz CT molecular complexity index is 432. The molecule has 1 aliphatic carbocycles. The van der Waals surface area contributed by atoms with E-state index >= 15 is 0 Å². The summed E-state index contributed by atoms with van der Waals surface area (Å²) in [5.74, 6) is 0.643. The van der Waals surface area contributed by atoms with Crippen LogP contribution in [0.1, 0.15) is 57.4 Å². The van der Waals surface area contributed by atoms with Gasteiger partial charge in [-0.3, -0.25) is 0 Å². The lowest BCUT2D eigenvalue weighted by atomic mass is 9.66. The van der Waals surface area contributed by atoms with E-state index in [9.17, 15) is 4.39 Å². The maximum absolute atomic E-state index is 14.0. The van der Waals surface area contributed by atoms with Crippen LogP contribution >= 0.6 is 11.6 Å². The molecule has 1 saturated carbocycles. The Labute approximate surface area is 133 Å². The highest BCUT2D eigenvalue weighted by Gasteiger charge is 2.35. The highest BCUT2D eigenvalue weighted by Crippen LogP contribution is 2.43. The SMILES string of the molecule is CCCCC1CCC(CN)(Cc2c(F)cccc2Cl)CC1. The summed E-state index contributed by atoms with van der Waals surface area (Å²) in [6, 6.07) is 4.94. The van der Waals surface area contributed by atoms with Crippen molar-refractivity contribution in [3.63, 3.8) is 0 Å². The van der Waals surface area contributed by atoms with Gasteiger partial charge in [-0.05, 0) is 62.1 Å². The van der Waals surface area contributed by atoms with Crippen LogP contribution in [0.5, 0.6) is 0 Å². The summed E-state index contributed by atoms with van der Waals surface area (Å²) in [5.41, 5.74) is 6.75. The predicted molar refractivity (Wildman–Crippen MR) is 88.1 cm³/mol. The zero-order valence-electron chi connectivity index (χ0n) is 13.0. The van der Waals surface area contributed by atoms with Gasteiger partial charge in [-0.1, -0.05) is 43.9 Å². The van der Waals surface area contributed by atoms with E-state index in [4.69, 9.17) is 17.3 Å². The van der Waals surface area contributed by atoms with E-state index in [0.29, 0.717) is 23.6 Å². The van der Waals surface area contributed by atoms with Crippen molar-refractivity contribution in [3.8, 4) is 0 Å². The molecule has 2 rings (SSSR count). The summed E-state index contributed by atoms with van der Waals surface area (Å²) in [6.07, 6.45) is 9.24. The van der Waals surface area contributed by atoms with Crippen molar-refractivity contribution < 1.29 is 4.39 Å². The van der Waals surface area contributed by atoms with Gasteiger partial charge in [-0.25, -0.2) is 4.39 Å². The van der Waals surface area contributed by atoms with Crippen LogP contribution in [0.4, 0.5) is 4.39 Å². The molecule has 0 radical (unpaired) electrons. The number of benzene rings is 1. The van der Waals surface area contributed by atoms with Crippen LogP contribution in [0, 0.1) is 17.2 Å². The molecule has 0 aliphatic heterocycles. The molecule has 0 heterocycles. The van der Waals surface area contributed by atoms with Gasteiger partial charge in [0, 0.05) is 10.6 Å². The molecule has 0 aromatic heterocycles. The lowest BCUT2D eigenvalue weighted by Gasteiger charge is -2.40. The molecule has 0 amide bonds. The molecular formula is C18H27ClFN. The molecule has 1 aliphatic rings. The summed E-state index contributed by atoms with van der Waals surface area (Å²) < 4.78 is 14.0. The standard InChI is InChI=1S/C18H27ClFN/c1-2-3-5-14-8-10-18(13-21,11-9-14)12-15-16(19)6-4-7-17(15)20/h4,6-7,14H,2-3,5,8-13,21H2,1H3. The maximum atomic E-state index is 14.0. The van der Waals surface area contributed by atoms with E-state index in [1.54, 1.807) is 12.1 Å². The van der Waals surface area contributed by atoms with Crippen LogP contribution in [-0.2, 0) is 6.42 Å². The van der Waals surface area contributed by atoms with E-state index in [-0.39, 0.29) is 11.2 Å². The zero-order chi connectivity index (χ0) is 15.3. The number of unbranched alkanes of at least 4 members (excludes halogenated alkanes) is 1. The molecule has 1 fully saturated rings. The van der Waals surface area contributed by atoms with Gasteiger partial charge in [-0.15, -0.1) is 0 Å². The second-order valence-corrected chi connectivity index (χ2v) is 7.07. The Hall–Kier alpha value is -0.600. The van der Waals surface area contributed by atoms with Gasteiger partial charge in [0.2, 0.25) is 0 Å². The minimum Gasteiger partial charge on any atom is -0.330 e. The van der Waals surface area contributed by atoms with Gasteiger partial charge in [0.05, 0.1) is 0 Å². The fraction of sp³-hybridized carbons (Fsp3) is 0.667. The van der Waals surface area contributed by atoms with E-state index in [1.807, 2.05) is 0 Å². The van der Waals surface area contributed by atoms with Gasteiger partial charge in [0.25, 0.3) is 0 Å². The fourth-order valence-electron chi connectivity index (χ4n) is 3.60. The highest BCUT2D eigenvalue weighted by molar-refractivity contribution is 6.31. The first kappa shape index (κ1) is 16.8. The largest absolute Gasteiger partial charge is 0.330 e. The van der Waals surface area contributed by atoms with Crippen LogP contribution in [-0.4, -0.2) is 6.54 Å². The molecule has 0 atom stereocenters. The van der Waals surface area contributed by atoms with Crippen molar-refractivity contribution in [2.45, 2.75) is 58.3 Å². The van der Waals surface area contributed by atoms with Crippen molar-refractivity contribution in [1.29, 1.82) is 0 Å². The molecule has 0 bridgehead atoms. The van der Waals surface area contributed by atoms with Crippen molar-refractivity contribution in [1.82, 2.24) is 0 Å². The average molecular weight is 312 g/mol. The van der Waals surface area contributed by atoms with E-state index in [0.717, 1.165) is 18.8 Å². The Kier molecular flexibility index (Phi) is 6.07. The number of rotatable bonds is 6. The molecule has 0 spiro atoms. The second-order valence-electron chi connectivity index (χ2n) is 6.67. The first-order valence-corrected chi connectivity index (χ1v) is 8.61. The van der Waals surface area contributed by atoms with Gasteiger partial charge >= 0.3 is 0 Å². The molecule has 118 valence electrons. The topological polar surface area (TPSA) is 26.0 Å². The highest BCUT2D eigenvalue weighted by atomic mass is 35.5. The molecule has 3 heteroatoms. The minimum absolute atomic E-state index is 0.0363. The van der Waals surface area contributed by atoms with Gasteiger partial charge in [0.1, 0.15) is 5.82 Å². The van der Waals surface area contributed by atoms with Crippen LogP contribution in [0.2, 0.25) is 5.02 Å². The molecule has 2 N–H and O–H groups in total. The maximum Gasteiger partial charge on any atom is 0.127 e. The normalized spacial score (nSPS) is 26.0. The third-order valence-electron chi connectivity index (χ3n) is 5.18. The monoisotopic (exact) mass is 311 g/mol. The third kappa shape index (κ3) is 4.20. The smallest absolute Gasteiger partial charge is 0.127 e. The molecule has 0 saturated heterocycles. The minimum atomic E-state index is -0.191.